The molecule has 0 heterocycles. The number of amides is 2. The third kappa shape index (κ3) is 7.08. The van der Waals surface area contributed by atoms with Gasteiger partial charge in [0.05, 0.1) is 0 Å². The summed E-state index contributed by atoms with van der Waals surface area (Å²) in [6.45, 7) is 5.19. The lowest BCUT2D eigenvalue weighted by molar-refractivity contribution is -0.131. The van der Waals surface area contributed by atoms with Crippen molar-refractivity contribution in [2.24, 2.45) is 0 Å². The minimum absolute atomic E-state index is 0.129. The summed E-state index contributed by atoms with van der Waals surface area (Å²) in [5, 5.41) is 6.28. The van der Waals surface area contributed by atoms with Crippen LogP contribution >= 0.6 is 11.6 Å². The summed E-state index contributed by atoms with van der Waals surface area (Å²) < 4.78 is 10.6. The van der Waals surface area contributed by atoms with E-state index in [9.17, 15) is 14.4 Å². The molecule has 2 N–H and O–H groups in total. The van der Waals surface area contributed by atoms with E-state index in [-0.39, 0.29) is 25.0 Å². The minimum Gasteiger partial charge on any atom is -0.484 e. The standard InChI is InChI=1S/C26H25ClN2O5/c1-16-10-23(11-17(2)25(16)27)33-15-24(31)28-14-19-6-4-8-21(12-19)29-26(32)20-7-5-9-22(13-20)34-18(3)30/h4-13H,14-15H2,1-3H3,(H,28,31)(H,29,32). The van der Waals surface area contributed by atoms with E-state index >= 15 is 0 Å². The fourth-order valence-electron chi connectivity index (χ4n) is 3.22. The van der Waals surface area contributed by atoms with Crippen molar-refractivity contribution in [2.75, 3.05) is 11.9 Å². The van der Waals surface area contributed by atoms with E-state index in [0.717, 1.165) is 16.7 Å². The van der Waals surface area contributed by atoms with Gasteiger partial charge in [0.2, 0.25) is 0 Å². The second kappa shape index (κ2) is 11.3. The van der Waals surface area contributed by atoms with Crippen LogP contribution < -0.4 is 20.1 Å². The first kappa shape index (κ1) is 24.8. The Kier molecular flexibility index (Phi) is 8.27. The number of halogens is 1. The van der Waals surface area contributed by atoms with Gasteiger partial charge in [-0.1, -0.05) is 29.8 Å². The van der Waals surface area contributed by atoms with Gasteiger partial charge in [-0.05, 0) is 73.0 Å². The third-order valence-electron chi connectivity index (χ3n) is 4.81. The molecule has 3 aromatic carbocycles. The highest BCUT2D eigenvalue weighted by Crippen LogP contribution is 2.25. The van der Waals surface area contributed by atoms with Crippen LogP contribution in [0.4, 0.5) is 5.69 Å². The Hall–Kier alpha value is -3.84. The van der Waals surface area contributed by atoms with Gasteiger partial charge < -0.3 is 20.1 Å². The van der Waals surface area contributed by atoms with Crippen molar-refractivity contribution in [3.63, 3.8) is 0 Å². The zero-order chi connectivity index (χ0) is 24.7. The molecule has 0 radical (unpaired) electrons. The SMILES string of the molecule is CC(=O)Oc1cccc(C(=O)Nc2cccc(CNC(=O)COc3cc(C)c(Cl)c(C)c3)c2)c1. The lowest BCUT2D eigenvalue weighted by atomic mass is 10.1. The maximum Gasteiger partial charge on any atom is 0.308 e. The molecule has 2 amide bonds. The van der Waals surface area contributed by atoms with Gasteiger partial charge in [-0.2, -0.15) is 0 Å². The number of aryl methyl sites for hydroxylation is 2. The molecule has 3 aromatic rings. The highest BCUT2D eigenvalue weighted by Gasteiger charge is 2.10. The van der Waals surface area contributed by atoms with Crippen LogP contribution in [-0.4, -0.2) is 24.4 Å². The smallest absolute Gasteiger partial charge is 0.308 e. The van der Waals surface area contributed by atoms with Crippen molar-refractivity contribution in [2.45, 2.75) is 27.3 Å². The quantitative estimate of drug-likeness (QED) is 0.356. The zero-order valence-electron chi connectivity index (χ0n) is 19.1. The second-order valence-corrected chi connectivity index (χ2v) is 8.09. The maximum atomic E-state index is 12.6. The second-order valence-electron chi connectivity index (χ2n) is 7.71. The maximum absolute atomic E-state index is 12.6. The van der Waals surface area contributed by atoms with E-state index in [1.54, 1.807) is 48.5 Å². The van der Waals surface area contributed by atoms with Crippen LogP contribution in [0.3, 0.4) is 0 Å². The van der Waals surface area contributed by atoms with Crippen molar-refractivity contribution in [3.05, 3.63) is 87.9 Å². The molecule has 3 rings (SSSR count). The Labute approximate surface area is 203 Å². The summed E-state index contributed by atoms with van der Waals surface area (Å²) in [5.74, 6) is -0.213. The summed E-state index contributed by atoms with van der Waals surface area (Å²) in [4.78, 5) is 35.9. The van der Waals surface area contributed by atoms with Crippen molar-refractivity contribution < 1.29 is 23.9 Å². The number of carbonyl (C=O) groups excluding carboxylic acids is 3. The Morgan fingerprint density at radius 2 is 1.62 bits per heavy atom. The summed E-state index contributed by atoms with van der Waals surface area (Å²) in [5.41, 5.74) is 3.49. The van der Waals surface area contributed by atoms with Crippen molar-refractivity contribution in [1.82, 2.24) is 5.32 Å². The van der Waals surface area contributed by atoms with Gasteiger partial charge in [0, 0.05) is 29.7 Å². The Morgan fingerprint density at radius 3 is 2.32 bits per heavy atom. The highest BCUT2D eigenvalue weighted by molar-refractivity contribution is 6.32. The molecular formula is C26H25ClN2O5. The van der Waals surface area contributed by atoms with E-state index in [1.165, 1.54) is 13.0 Å². The van der Waals surface area contributed by atoms with Gasteiger partial charge in [0.1, 0.15) is 11.5 Å². The minimum atomic E-state index is -0.462. The molecule has 34 heavy (non-hydrogen) atoms. The molecule has 0 atom stereocenters. The number of esters is 1. The van der Waals surface area contributed by atoms with E-state index < -0.39 is 5.97 Å². The van der Waals surface area contributed by atoms with Gasteiger partial charge in [-0.25, -0.2) is 0 Å². The molecule has 0 aliphatic rings. The molecular weight excluding hydrogens is 456 g/mol. The van der Waals surface area contributed by atoms with Gasteiger partial charge in [-0.3, -0.25) is 14.4 Å². The molecule has 0 fully saturated rings. The van der Waals surface area contributed by atoms with Crippen LogP contribution in [0.1, 0.15) is 34.0 Å². The predicted octanol–water partition coefficient (Wildman–Crippen LogP) is 4.83. The number of rotatable bonds is 8. The average Bonchev–Trinajstić information content (AvgIpc) is 2.79. The number of hydrogen-bond donors (Lipinski definition) is 2. The normalized spacial score (nSPS) is 10.4. The first-order chi connectivity index (χ1) is 16.2. The summed E-state index contributed by atoms with van der Waals surface area (Å²) >= 11 is 6.15. The average molecular weight is 481 g/mol. The van der Waals surface area contributed by atoms with E-state index in [1.807, 2.05) is 19.9 Å². The van der Waals surface area contributed by atoms with Crippen LogP contribution in [0.5, 0.6) is 11.5 Å². The molecule has 7 nitrogen and oxygen atoms in total. The predicted molar refractivity (Wildman–Crippen MR) is 130 cm³/mol. The Morgan fingerprint density at radius 1 is 0.912 bits per heavy atom. The lowest BCUT2D eigenvalue weighted by Gasteiger charge is -2.11. The highest BCUT2D eigenvalue weighted by atomic mass is 35.5. The van der Waals surface area contributed by atoms with Gasteiger partial charge in [0.25, 0.3) is 11.8 Å². The molecule has 0 spiro atoms. The van der Waals surface area contributed by atoms with E-state index in [4.69, 9.17) is 21.1 Å². The topological polar surface area (TPSA) is 93.7 Å². The number of nitrogens with one attached hydrogen (secondary N) is 2. The van der Waals surface area contributed by atoms with Crippen molar-refractivity contribution >= 4 is 35.1 Å². The molecule has 0 bridgehead atoms. The molecule has 176 valence electrons. The fourth-order valence-corrected chi connectivity index (χ4v) is 3.33. The van der Waals surface area contributed by atoms with Crippen LogP contribution in [0.15, 0.2) is 60.7 Å². The molecule has 0 saturated carbocycles. The largest absolute Gasteiger partial charge is 0.484 e. The van der Waals surface area contributed by atoms with Gasteiger partial charge in [0.15, 0.2) is 6.61 Å². The third-order valence-corrected chi connectivity index (χ3v) is 5.41. The monoisotopic (exact) mass is 480 g/mol. The van der Waals surface area contributed by atoms with Crippen LogP contribution in [0.25, 0.3) is 0 Å². The number of carbonyl (C=O) groups is 3. The first-order valence-electron chi connectivity index (χ1n) is 10.6. The number of ether oxygens (including phenoxy) is 2. The summed E-state index contributed by atoms with van der Waals surface area (Å²) in [6, 6.07) is 17.0. The Balaban J connectivity index is 1.54. The first-order valence-corrected chi connectivity index (χ1v) is 10.9. The number of hydrogen-bond acceptors (Lipinski definition) is 5. The zero-order valence-corrected chi connectivity index (χ0v) is 19.9. The fraction of sp³-hybridized carbons (Fsp3) is 0.192. The van der Waals surface area contributed by atoms with Crippen molar-refractivity contribution in [3.8, 4) is 11.5 Å². The number of anilines is 1. The lowest BCUT2D eigenvalue weighted by Crippen LogP contribution is -2.28. The van der Waals surface area contributed by atoms with Gasteiger partial charge in [-0.15, -0.1) is 0 Å². The molecule has 0 aromatic heterocycles. The number of benzene rings is 3. The van der Waals surface area contributed by atoms with Crippen molar-refractivity contribution in [1.29, 1.82) is 0 Å². The molecule has 0 saturated heterocycles. The van der Waals surface area contributed by atoms with E-state index in [2.05, 4.69) is 10.6 Å². The van der Waals surface area contributed by atoms with Crippen LogP contribution in [0, 0.1) is 13.8 Å². The summed E-state index contributed by atoms with van der Waals surface area (Å²) in [6.07, 6.45) is 0. The van der Waals surface area contributed by atoms with E-state index in [0.29, 0.717) is 27.8 Å². The molecule has 0 unspecified atom stereocenters. The molecule has 0 aliphatic heterocycles. The summed E-state index contributed by atoms with van der Waals surface area (Å²) in [7, 11) is 0. The van der Waals surface area contributed by atoms with Gasteiger partial charge >= 0.3 is 5.97 Å². The Bertz CT molecular complexity index is 1200. The molecule has 0 aliphatic carbocycles. The van der Waals surface area contributed by atoms with Crippen LogP contribution in [-0.2, 0) is 16.1 Å². The molecule has 8 heteroatoms. The van der Waals surface area contributed by atoms with Crippen LogP contribution in [0.2, 0.25) is 5.02 Å².